The minimum Gasteiger partial charge on any atom is -0.380 e. The number of aliphatic hydroxyl groups excluding tert-OH is 1. The van der Waals surface area contributed by atoms with Crippen LogP contribution in [0.2, 0.25) is 0 Å². The molecule has 17 heavy (non-hydrogen) atoms. The molecule has 2 rings (SSSR count). The Labute approximate surface area is 101 Å². The molecule has 5 heteroatoms. The first kappa shape index (κ1) is 11.9. The Bertz CT molecular complexity index is 527. The maximum atomic E-state index is 10.4. The van der Waals surface area contributed by atoms with E-state index in [9.17, 15) is 5.11 Å². The zero-order chi connectivity index (χ0) is 12.6. The molecule has 0 aliphatic carbocycles. The summed E-state index contributed by atoms with van der Waals surface area (Å²) in [5.41, 5.74) is 2.68. The lowest BCUT2D eigenvalue weighted by molar-refractivity contribution is 0.203. The fourth-order valence-corrected chi connectivity index (χ4v) is 2.15. The topological polar surface area (TPSA) is 55.9 Å². The minimum absolute atomic E-state index is 0.673. The van der Waals surface area contributed by atoms with Crippen molar-refractivity contribution in [1.29, 1.82) is 0 Å². The van der Waals surface area contributed by atoms with Crippen molar-refractivity contribution in [2.45, 2.75) is 33.4 Å². The summed E-state index contributed by atoms with van der Waals surface area (Å²) >= 11 is 0. The number of hydrogen-bond donors (Lipinski definition) is 1. The lowest BCUT2D eigenvalue weighted by atomic mass is 10.1. The highest BCUT2D eigenvalue weighted by atomic mass is 16.3. The van der Waals surface area contributed by atoms with Gasteiger partial charge in [0.2, 0.25) is 0 Å². The van der Waals surface area contributed by atoms with Gasteiger partial charge in [-0.1, -0.05) is 0 Å². The Morgan fingerprint density at radius 3 is 2.65 bits per heavy atom. The molecule has 5 nitrogen and oxygen atoms in total. The SMILES string of the molecule is CCn1ccnc1C(O)c1c(C)nn(C)c1C. The molecule has 1 atom stereocenters. The van der Waals surface area contributed by atoms with Gasteiger partial charge < -0.3 is 9.67 Å². The van der Waals surface area contributed by atoms with E-state index in [1.165, 1.54) is 0 Å². The standard InChI is InChI=1S/C12H18N4O/c1-5-16-7-6-13-12(16)11(17)10-8(2)14-15(4)9(10)3/h6-7,11,17H,5H2,1-4H3. The molecule has 1 unspecified atom stereocenters. The smallest absolute Gasteiger partial charge is 0.142 e. The van der Waals surface area contributed by atoms with Crippen LogP contribution in [0.5, 0.6) is 0 Å². The van der Waals surface area contributed by atoms with Crippen LogP contribution >= 0.6 is 0 Å². The average Bonchev–Trinajstić information content (AvgIpc) is 2.84. The molecule has 0 spiro atoms. The van der Waals surface area contributed by atoms with Crippen molar-refractivity contribution < 1.29 is 5.11 Å². The van der Waals surface area contributed by atoms with Crippen LogP contribution in [-0.4, -0.2) is 24.4 Å². The molecule has 0 radical (unpaired) electrons. The molecule has 0 aliphatic rings. The third kappa shape index (κ3) is 1.86. The highest BCUT2D eigenvalue weighted by Crippen LogP contribution is 2.26. The number of aromatic nitrogens is 4. The quantitative estimate of drug-likeness (QED) is 0.871. The van der Waals surface area contributed by atoms with E-state index < -0.39 is 6.10 Å². The lowest BCUT2D eigenvalue weighted by Crippen LogP contribution is -2.10. The number of aliphatic hydroxyl groups is 1. The van der Waals surface area contributed by atoms with Crippen molar-refractivity contribution in [3.8, 4) is 0 Å². The second-order valence-electron chi connectivity index (χ2n) is 4.18. The molecule has 1 N–H and O–H groups in total. The molecule has 92 valence electrons. The normalized spacial score (nSPS) is 13.0. The van der Waals surface area contributed by atoms with Crippen LogP contribution in [0, 0.1) is 13.8 Å². The number of imidazole rings is 1. The molecule has 0 saturated heterocycles. The molecular weight excluding hydrogens is 216 g/mol. The highest BCUT2D eigenvalue weighted by molar-refractivity contribution is 5.31. The van der Waals surface area contributed by atoms with Crippen molar-refractivity contribution in [2.24, 2.45) is 7.05 Å². The number of hydrogen-bond acceptors (Lipinski definition) is 3. The maximum Gasteiger partial charge on any atom is 0.142 e. The van der Waals surface area contributed by atoms with Crippen molar-refractivity contribution >= 4 is 0 Å². The minimum atomic E-state index is -0.710. The zero-order valence-electron chi connectivity index (χ0n) is 10.7. The van der Waals surface area contributed by atoms with E-state index in [2.05, 4.69) is 10.1 Å². The van der Waals surface area contributed by atoms with Crippen molar-refractivity contribution in [3.63, 3.8) is 0 Å². The predicted molar refractivity (Wildman–Crippen MR) is 64.6 cm³/mol. The summed E-state index contributed by atoms with van der Waals surface area (Å²) in [6, 6.07) is 0. The van der Waals surface area contributed by atoms with Gasteiger partial charge in [-0.25, -0.2) is 4.98 Å². The first-order chi connectivity index (χ1) is 8.06. The lowest BCUT2D eigenvalue weighted by Gasteiger charge is -2.12. The third-order valence-corrected chi connectivity index (χ3v) is 3.17. The second kappa shape index (κ2) is 4.33. The molecule has 0 saturated carbocycles. The Morgan fingerprint density at radius 2 is 2.12 bits per heavy atom. The zero-order valence-corrected chi connectivity index (χ0v) is 10.7. The molecule has 0 fully saturated rings. The van der Waals surface area contributed by atoms with E-state index in [0.29, 0.717) is 5.82 Å². The Kier molecular flexibility index (Phi) is 3.02. The summed E-state index contributed by atoms with van der Waals surface area (Å²) in [4.78, 5) is 4.23. The summed E-state index contributed by atoms with van der Waals surface area (Å²) in [5.74, 6) is 0.673. The predicted octanol–water partition coefficient (Wildman–Crippen LogP) is 1.34. The summed E-state index contributed by atoms with van der Waals surface area (Å²) in [7, 11) is 1.88. The maximum absolute atomic E-state index is 10.4. The summed E-state index contributed by atoms with van der Waals surface area (Å²) < 4.78 is 3.73. The van der Waals surface area contributed by atoms with E-state index in [1.807, 2.05) is 38.6 Å². The first-order valence-electron chi connectivity index (χ1n) is 5.75. The molecule has 2 aromatic heterocycles. The monoisotopic (exact) mass is 234 g/mol. The van der Waals surface area contributed by atoms with Crippen molar-refractivity contribution in [3.05, 3.63) is 35.2 Å². The Hall–Kier alpha value is -1.62. The van der Waals surface area contributed by atoms with Gasteiger partial charge >= 0.3 is 0 Å². The van der Waals surface area contributed by atoms with Gasteiger partial charge in [0.1, 0.15) is 11.9 Å². The van der Waals surface area contributed by atoms with Crippen LogP contribution in [0.4, 0.5) is 0 Å². The molecule has 0 bridgehead atoms. The molecule has 2 heterocycles. The molecule has 2 aromatic rings. The van der Waals surface area contributed by atoms with E-state index in [0.717, 1.165) is 23.5 Å². The van der Waals surface area contributed by atoms with E-state index in [4.69, 9.17) is 0 Å². The number of aryl methyl sites for hydroxylation is 3. The summed E-state index contributed by atoms with van der Waals surface area (Å²) in [5, 5.41) is 14.7. The molecule has 0 aliphatic heterocycles. The van der Waals surface area contributed by atoms with Crippen LogP contribution in [0.3, 0.4) is 0 Å². The Morgan fingerprint density at radius 1 is 1.41 bits per heavy atom. The molecular formula is C12H18N4O. The van der Waals surface area contributed by atoms with E-state index >= 15 is 0 Å². The van der Waals surface area contributed by atoms with Gasteiger partial charge in [0, 0.05) is 37.2 Å². The van der Waals surface area contributed by atoms with Gasteiger partial charge in [0.25, 0.3) is 0 Å². The molecule has 0 aromatic carbocycles. The van der Waals surface area contributed by atoms with Gasteiger partial charge in [-0.15, -0.1) is 0 Å². The van der Waals surface area contributed by atoms with Gasteiger partial charge in [-0.05, 0) is 20.8 Å². The third-order valence-electron chi connectivity index (χ3n) is 3.17. The number of rotatable bonds is 3. The first-order valence-corrected chi connectivity index (χ1v) is 5.75. The Balaban J connectivity index is 2.47. The van der Waals surface area contributed by atoms with Crippen molar-refractivity contribution in [2.75, 3.05) is 0 Å². The second-order valence-corrected chi connectivity index (χ2v) is 4.18. The largest absolute Gasteiger partial charge is 0.380 e. The van der Waals surface area contributed by atoms with E-state index in [1.54, 1.807) is 10.9 Å². The van der Waals surface area contributed by atoms with Crippen molar-refractivity contribution in [1.82, 2.24) is 19.3 Å². The molecule has 0 amide bonds. The van der Waals surface area contributed by atoms with Crippen LogP contribution in [0.25, 0.3) is 0 Å². The van der Waals surface area contributed by atoms with E-state index in [-0.39, 0.29) is 0 Å². The highest BCUT2D eigenvalue weighted by Gasteiger charge is 2.22. The van der Waals surface area contributed by atoms with Crippen LogP contribution in [-0.2, 0) is 13.6 Å². The van der Waals surface area contributed by atoms with Crippen LogP contribution in [0.15, 0.2) is 12.4 Å². The fourth-order valence-electron chi connectivity index (χ4n) is 2.15. The van der Waals surface area contributed by atoms with Gasteiger partial charge in [0.05, 0.1) is 5.69 Å². The van der Waals surface area contributed by atoms with Gasteiger partial charge in [-0.2, -0.15) is 5.10 Å². The average molecular weight is 234 g/mol. The van der Waals surface area contributed by atoms with Gasteiger partial charge in [0.15, 0.2) is 0 Å². The summed E-state index contributed by atoms with van der Waals surface area (Å²) in [6.07, 6.45) is 2.88. The number of nitrogens with zero attached hydrogens (tertiary/aromatic N) is 4. The van der Waals surface area contributed by atoms with Crippen LogP contribution in [0.1, 0.15) is 35.8 Å². The summed E-state index contributed by atoms with van der Waals surface area (Å²) in [6.45, 7) is 6.69. The van der Waals surface area contributed by atoms with Crippen LogP contribution < -0.4 is 0 Å². The van der Waals surface area contributed by atoms with Gasteiger partial charge in [-0.3, -0.25) is 4.68 Å². The fraction of sp³-hybridized carbons (Fsp3) is 0.500.